The van der Waals surface area contributed by atoms with E-state index < -0.39 is 53.1 Å². The molecule has 0 aliphatic carbocycles. The van der Waals surface area contributed by atoms with Gasteiger partial charge in [-0.3, -0.25) is 0 Å². The van der Waals surface area contributed by atoms with Crippen LogP contribution in [0.3, 0.4) is 0 Å². The SMILES string of the molecule is CC1(C)COC[C@H]1n1c(Cc2cc(F)c(-c3ccc(F)c(OCc4c(F)cccc4F)n3)cc2F)nc2ccc(C(=O)O)cc21. The number of fused-ring (bicyclic) bond motifs is 1. The lowest BCUT2D eigenvalue weighted by Gasteiger charge is -2.28. The molecule has 1 aliphatic rings. The van der Waals surface area contributed by atoms with E-state index in [0.29, 0.717) is 30.1 Å². The zero-order valence-corrected chi connectivity index (χ0v) is 24.1. The van der Waals surface area contributed by atoms with Crippen molar-refractivity contribution in [1.82, 2.24) is 14.5 Å². The Morgan fingerprint density at radius 3 is 2.40 bits per heavy atom. The Morgan fingerprint density at radius 1 is 0.956 bits per heavy atom. The second kappa shape index (κ2) is 11.6. The van der Waals surface area contributed by atoms with Gasteiger partial charge in [0.15, 0.2) is 5.82 Å². The molecule has 3 heterocycles. The predicted molar refractivity (Wildman–Crippen MR) is 153 cm³/mol. The summed E-state index contributed by atoms with van der Waals surface area (Å²) in [4.78, 5) is 20.3. The number of carboxylic acids is 1. The second-order valence-corrected chi connectivity index (χ2v) is 11.5. The normalized spacial score (nSPS) is 15.9. The summed E-state index contributed by atoms with van der Waals surface area (Å²) in [7, 11) is 0. The van der Waals surface area contributed by atoms with Crippen molar-refractivity contribution >= 4 is 17.0 Å². The van der Waals surface area contributed by atoms with Crippen molar-refractivity contribution in [3.8, 4) is 17.1 Å². The smallest absolute Gasteiger partial charge is 0.335 e. The Hall–Kier alpha value is -4.84. The molecular weight excluding hydrogens is 597 g/mol. The van der Waals surface area contributed by atoms with Gasteiger partial charge in [-0.15, -0.1) is 0 Å². The monoisotopic (exact) mass is 623 g/mol. The molecule has 0 unspecified atom stereocenters. The van der Waals surface area contributed by atoms with Crippen LogP contribution in [0, 0.1) is 34.5 Å². The number of aromatic carboxylic acids is 1. The number of rotatable bonds is 8. The van der Waals surface area contributed by atoms with Crippen LogP contribution in [0.15, 0.2) is 60.7 Å². The molecule has 1 N–H and O–H groups in total. The first-order valence-corrected chi connectivity index (χ1v) is 14.0. The van der Waals surface area contributed by atoms with Gasteiger partial charge in [0, 0.05) is 17.4 Å². The van der Waals surface area contributed by atoms with E-state index in [4.69, 9.17) is 9.47 Å². The Balaban J connectivity index is 1.34. The summed E-state index contributed by atoms with van der Waals surface area (Å²) in [6.45, 7) is 4.08. The quantitative estimate of drug-likeness (QED) is 0.183. The van der Waals surface area contributed by atoms with E-state index in [1.165, 1.54) is 18.2 Å². The molecule has 45 heavy (non-hydrogen) atoms. The molecular formula is C33H26F5N3O4. The summed E-state index contributed by atoms with van der Waals surface area (Å²) in [6, 6.07) is 11.4. The third-order valence-electron chi connectivity index (χ3n) is 7.96. The molecule has 2 aromatic heterocycles. The molecule has 1 fully saturated rings. The van der Waals surface area contributed by atoms with E-state index in [2.05, 4.69) is 9.97 Å². The number of halogens is 5. The van der Waals surface area contributed by atoms with E-state index >= 15 is 8.78 Å². The molecule has 1 saturated heterocycles. The lowest BCUT2D eigenvalue weighted by atomic mass is 9.87. The Bertz CT molecular complexity index is 1940. The molecule has 1 atom stereocenters. The Morgan fingerprint density at radius 2 is 1.71 bits per heavy atom. The summed E-state index contributed by atoms with van der Waals surface area (Å²) in [6.07, 6.45) is -0.133. The van der Waals surface area contributed by atoms with E-state index in [0.717, 1.165) is 36.4 Å². The molecule has 7 nitrogen and oxygen atoms in total. The molecule has 3 aromatic carbocycles. The highest BCUT2D eigenvalue weighted by Gasteiger charge is 2.39. The van der Waals surface area contributed by atoms with Crippen LogP contribution in [-0.2, 0) is 17.8 Å². The highest BCUT2D eigenvalue weighted by molar-refractivity contribution is 5.92. The van der Waals surface area contributed by atoms with Crippen LogP contribution in [0.2, 0.25) is 0 Å². The molecule has 0 saturated carbocycles. The van der Waals surface area contributed by atoms with Gasteiger partial charge in [0.1, 0.15) is 35.7 Å². The van der Waals surface area contributed by atoms with E-state index in [1.807, 2.05) is 18.4 Å². The minimum absolute atomic E-state index is 0.0309. The minimum atomic E-state index is -1.11. The van der Waals surface area contributed by atoms with Crippen molar-refractivity contribution in [3.63, 3.8) is 0 Å². The molecule has 5 aromatic rings. The van der Waals surface area contributed by atoms with E-state index in [1.54, 1.807) is 6.07 Å². The van der Waals surface area contributed by atoms with Gasteiger partial charge in [0.25, 0.3) is 5.88 Å². The van der Waals surface area contributed by atoms with Crippen LogP contribution in [0.5, 0.6) is 5.88 Å². The van der Waals surface area contributed by atoms with Gasteiger partial charge in [-0.25, -0.2) is 36.7 Å². The molecule has 12 heteroatoms. The Kier molecular flexibility index (Phi) is 7.77. The largest absolute Gasteiger partial charge is 0.478 e. The number of imidazole rings is 1. The highest BCUT2D eigenvalue weighted by Crippen LogP contribution is 2.40. The summed E-state index contributed by atoms with van der Waals surface area (Å²) in [5.41, 5.74) is -0.202. The fraction of sp³-hybridized carbons (Fsp3) is 0.242. The zero-order valence-electron chi connectivity index (χ0n) is 24.1. The highest BCUT2D eigenvalue weighted by atomic mass is 19.1. The molecule has 6 rings (SSSR count). The minimum Gasteiger partial charge on any atom is -0.478 e. The summed E-state index contributed by atoms with van der Waals surface area (Å²) in [5, 5.41) is 9.56. The molecule has 1 aliphatic heterocycles. The van der Waals surface area contributed by atoms with Crippen LogP contribution in [0.4, 0.5) is 22.0 Å². The maximum atomic E-state index is 15.6. The van der Waals surface area contributed by atoms with Crippen molar-refractivity contribution in [2.75, 3.05) is 13.2 Å². The number of aromatic nitrogens is 3. The topological polar surface area (TPSA) is 86.5 Å². The van der Waals surface area contributed by atoms with Crippen LogP contribution < -0.4 is 4.74 Å². The fourth-order valence-electron chi connectivity index (χ4n) is 5.50. The fourth-order valence-corrected chi connectivity index (χ4v) is 5.50. The summed E-state index contributed by atoms with van der Waals surface area (Å²) in [5.74, 6) is -5.77. The first-order valence-electron chi connectivity index (χ1n) is 14.0. The average molecular weight is 624 g/mol. The number of carbonyl (C=O) groups is 1. The number of hydrogen-bond donors (Lipinski definition) is 1. The summed E-state index contributed by atoms with van der Waals surface area (Å²) >= 11 is 0. The molecule has 232 valence electrons. The second-order valence-electron chi connectivity index (χ2n) is 11.5. The van der Waals surface area contributed by atoms with E-state index in [-0.39, 0.29) is 40.3 Å². The number of ether oxygens (including phenoxy) is 2. The first kappa shape index (κ1) is 30.2. The van der Waals surface area contributed by atoms with Crippen molar-refractivity contribution in [3.05, 3.63) is 112 Å². The predicted octanol–water partition coefficient (Wildman–Crippen LogP) is 7.26. The number of pyridine rings is 1. The van der Waals surface area contributed by atoms with Crippen LogP contribution in [-0.4, -0.2) is 38.8 Å². The van der Waals surface area contributed by atoms with Gasteiger partial charge in [-0.05, 0) is 60.2 Å². The summed E-state index contributed by atoms with van der Waals surface area (Å²) < 4.78 is 86.3. The van der Waals surface area contributed by atoms with Crippen molar-refractivity contribution in [2.24, 2.45) is 5.41 Å². The Labute approximate surface area is 253 Å². The van der Waals surface area contributed by atoms with Gasteiger partial charge in [-0.2, -0.15) is 0 Å². The van der Waals surface area contributed by atoms with Gasteiger partial charge in [0.2, 0.25) is 0 Å². The average Bonchev–Trinajstić information content (AvgIpc) is 3.52. The zero-order chi connectivity index (χ0) is 32.0. The molecule has 0 bridgehead atoms. The molecule has 0 amide bonds. The number of nitrogens with zero attached hydrogens (tertiary/aromatic N) is 3. The van der Waals surface area contributed by atoms with Gasteiger partial charge in [0.05, 0.1) is 47.1 Å². The number of carboxylic acid groups (broad SMARTS) is 1. The number of benzene rings is 3. The van der Waals surface area contributed by atoms with Crippen LogP contribution >= 0.6 is 0 Å². The van der Waals surface area contributed by atoms with Gasteiger partial charge in [-0.1, -0.05) is 19.9 Å². The van der Waals surface area contributed by atoms with Crippen molar-refractivity contribution < 1.29 is 41.3 Å². The van der Waals surface area contributed by atoms with Crippen LogP contribution in [0.1, 0.15) is 47.2 Å². The molecule has 0 spiro atoms. The van der Waals surface area contributed by atoms with Crippen LogP contribution in [0.25, 0.3) is 22.3 Å². The maximum Gasteiger partial charge on any atom is 0.335 e. The third kappa shape index (κ3) is 5.73. The van der Waals surface area contributed by atoms with Crippen molar-refractivity contribution in [2.45, 2.75) is 32.9 Å². The third-order valence-corrected chi connectivity index (χ3v) is 7.96. The first-order chi connectivity index (χ1) is 21.4. The lowest BCUT2D eigenvalue weighted by Crippen LogP contribution is -2.27. The van der Waals surface area contributed by atoms with Crippen molar-refractivity contribution in [1.29, 1.82) is 0 Å². The van der Waals surface area contributed by atoms with Gasteiger partial charge < -0.3 is 19.1 Å². The number of hydrogen-bond acceptors (Lipinski definition) is 5. The lowest BCUT2D eigenvalue weighted by molar-refractivity contribution is 0.0697. The standard InChI is InChI=1S/C33H26F5N3O4/c1-33(2)16-44-15-29(33)41-28-11-17(32(42)43)6-8-27(28)39-30(41)12-18-10-25(38)19(13-24(18)37)26-9-7-23(36)31(40-26)45-14-20-21(34)4-3-5-22(20)35/h3-11,13,29H,12,14-16H2,1-2H3,(H,42,43)/t29-/m1/s1. The maximum absolute atomic E-state index is 15.6. The van der Waals surface area contributed by atoms with E-state index in [9.17, 15) is 23.1 Å². The van der Waals surface area contributed by atoms with Gasteiger partial charge >= 0.3 is 5.97 Å². The molecule has 0 radical (unpaired) electrons.